The molecule has 0 fully saturated rings. The topological polar surface area (TPSA) is 87.9 Å². The molecule has 128 valence electrons. The minimum absolute atomic E-state index is 0.0495. The second kappa shape index (κ2) is 7.40. The molecule has 1 atom stereocenters. The molecule has 0 unspecified atom stereocenters. The van der Waals surface area contributed by atoms with Crippen molar-refractivity contribution in [3.63, 3.8) is 0 Å². The van der Waals surface area contributed by atoms with E-state index < -0.39 is 17.9 Å². The molecule has 0 aliphatic carbocycles. The number of hydrogen-bond donors (Lipinski definition) is 1. The summed E-state index contributed by atoms with van der Waals surface area (Å²) in [7, 11) is 1.23. The molecule has 1 aliphatic heterocycles. The average molecular weight is 352 g/mol. The number of benzene rings is 1. The van der Waals surface area contributed by atoms with Crippen LogP contribution in [0.15, 0.2) is 47.1 Å². The monoisotopic (exact) mass is 351 g/mol. The maximum absolute atomic E-state index is 12.4. The van der Waals surface area contributed by atoms with Crippen molar-refractivity contribution in [2.75, 3.05) is 13.7 Å². The lowest BCUT2D eigenvalue weighted by molar-refractivity contribution is -0.139. The third-order valence-electron chi connectivity index (χ3n) is 3.59. The molecule has 0 amide bonds. The Kier molecular flexibility index (Phi) is 5.51. The van der Waals surface area contributed by atoms with Crippen LogP contribution in [0.5, 0.6) is 0 Å². The van der Waals surface area contributed by atoms with E-state index in [1.165, 1.54) is 7.11 Å². The molecule has 1 aromatic rings. The first kappa shape index (κ1) is 17.9. The van der Waals surface area contributed by atoms with Crippen LogP contribution >= 0.6 is 11.6 Å². The van der Waals surface area contributed by atoms with Gasteiger partial charge in [0.05, 0.1) is 25.2 Å². The SMILES string of the molecule is CCOC(=O)C1=C(C)OC(N)=C(C(=O)OC)[C@@H]1c1ccc(Cl)cc1. The molecular formula is C17H18ClNO5. The summed E-state index contributed by atoms with van der Waals surface area (Å²) in [6.07, 6.45) is 0. The summed E-state index contributed by atoms with van der Waals surface area (Å²) in [5, 5.41) is 0.528. The fourth-order valence-corrected chi connectivity index (χ4v) is 2.68. The summed E-state index contributed by atoms with van der Waals surface area (Å²) < 4.78 is 15.3. The van der Waals surface area contributed by atoms with Crippen molar-refractivity contribution in [3.05, 3.63) is 57.6 Å². The van der Waals surface area contributed by atoms with Gasteiger partial charge < -0.3 is 19.9 Å². The lowest BCUT2D eigenvalue weighted by Crippen LogP contribution is -2.29. The molecule has 24 heavy (non-hydrogen) atoms. The van der Waals surface area contributed by atoms with E-state index in [2.05, 4.69) is 0 Å². The molecule has 0 saturated heterocycles. The molecule has 0 bridgehead atoms. The van der Waals surface area contributed by atoms with Gasteiger partial charge in [-0.1, -0.05) is 23.7 Å². The van der Waals surface area contributed by atoms with Crippen LogP contribution in [-0.2, 0) is 23.8 Å². The van der Waals surface area contributed by atoms with E-state index >= 15 is 0 Å². The summed E-state index contributed by atoms with van der Waals surface area (Å²) in [4.78, 5) is 24.6. The van der Waals surface area contributed by atoms with Crippen LogP contribution in [0.4, 0.5) is 0 Å². The van der Waals surface area contributed by atoms with Gasteiger partial charge in [-0.25, -0.2) is 9.59 Å². The Morgan fingerprint density at radius 2 is 1.83 bits per heavy atom. The second-order valence-corrected chi connectivity index (χ2v) is 5.48. The maximum Gasteiger partial charge on any atom is 0.340 e. The van der Waals surface area contributed by atoms with Gasteiger partial charge in [0, 0.05) is 5.02 Å². The Bertz CT molecular complexity index is 721. The van der Waals surface area contributed by atoms with Gasteiger partial charge in [-0.2, -0.15) is 0 Å². The predicted molar refractivity (Wildman–Crippen MR) is 87.8 cm³/mol. The molecular weight excluding hydrogens is 334 g/mol. The normalized spacial score (nSPS) is 17.4. The number of nitrogens with two attached hydrogens (primary N) is 1. The molecule has 0 radical (unpaired) electrons. The first-order valence-corrected chi connectivity index (χ1v) is 7.67. The van der Waals surface area contributed by atoms with E-state index in [0.29, 0.717) is 10.6 Å². The van der Waals surface area contributed by atoms with Crippen molar-refractivity contribution in [2.24, 2.45) is 5.73 Å². The van der Waals surface area contributed by atoms with Gasteiger partial charge in [-0.3, -0.25) is 0 Å². The Morgan fingerprint density at radius 1 is 1.21 bits per heavy atom. The zero-order valence-electron chi connectivity index (χ0n) is 13.6. The minimum Gasteiger partial charge on any atom is -0.465 e. The number of esters is 2. The number of halogens is 1. The van der Waals surface area contributed by atoms with Gasteiger partial charge >= 0.3 is 11.9 Å². The van der Waals surface area contributed by atoms with Crippen molar-refractivity contribution in [1.82, 2.24) is 0 Å². The van der Waals surface area contributed by atoms with Gasteiger partial charge in [0.2, 0.25) is 5.88 Å². The number of carbonyl (C=O) groups is 2. The van der Waals surface area contributed by atoms with E-state index in [0.717, 1.165) is 0 Å². The van der Waals surface area contributed by atoms with Crippen molar-refractivity contribution < 1.29 is 23.8 Å². The Hall–Kier alpha value is -2.47. The zero-order valence-corrected chi connectivity index (χ0v) is 14.3. The van der Waals surface area contributed by atoms with Gasteiger partial charge in [-0.05, 0) is 31.5 Å². The highest BCUT2D eigenvalue weighted by Gasteiger charge is 2.39. The van der Waals surface area contributed by atoms with Gasteiger partial charge in [0.15, 0.2) is 0 Å². The van der Waals surface area contributed by atoms with Crippen molar-refractivity contribution in [3.8, 4) is 0 Å². The molecule has 7 heteroatoms. The lowest BCUT2D eigenvalue weighted by Gasteiger charge is -2.28. The van der Waals surface area contributed by atoms with E-state index in [9.17, 15) is 9.59 Å². The highest BCUT2D eigenvalue weighted by molar-refractivity contribution is 6.30. The molecule has 0 spiro atoms. The summed E-state index contributed by atoms with van der Waals surface area (Å²) in [6, 6.07) is 6.74. The Morgan fingerprint density at radius 3 is 2.38 bits per heavy atom. The van der Waals surface area contributed by atoms with Crippen molar-refractivity contribution in [2.45, 2.75) is 19.8 Å². The largest absolute Gasteiger partial charge is 0.465 e. The molecule has 1 heterocycles. The highest BCUT2D eigenvalue weighted by atomic mass is 35.5. The molecule has 1 aliphatic rings. The number of methoxy groups -OCH3 is 1. The van der Waals surface area contributed by atoms with Crippen molar-refractivity contribution >= 4 is 23.5 Å². The minimum atomic E-state index is -0.762. The van der Waals surface area contributed by atoms with Crippen LogP contribution < -0.4 is 5.73 Å². The standard InChI is InChI=1S/C17H18ClNO5/c1-4-23-17(21)12-9(2)24-15(19)14(16(20)22-3)13(12)10-5-7-11(18)8-6-10/h5-8,13H,4,19H2,1-3H3/t13-/m1/s1. The van der Waals surface area contributed by atoms with Crippen LogP contribution in [0.3, 0.4) is 0 Å². The molecule has 0 saturated carbocycles. The summed E-state index contributed by atoms with van der Waals surface area (Å²) in [6.45, 7) is 3.48. The first-order chi connectivity index (χ1) is 11.4. The summed E-state index contributed by atoms with van der Waals surface area (Å²) in [5.74, 6) is -1.85. The quantitative estimate of drug-likeness (QED) is 0.839. The Balaban J connectivity index is 2.63. The van der Waals surface area contributed by atoms with Crippen LogP contribution in [0.25, 0.3) is 0 Å². The smallest absolute Gasteiger partial charge is 0.340 e. The molecule has 2 N–H and O–H groups in total. The molecule has 1 aromatic carbocycles. The zero-order chi connectivity index (χ0) is 17.9. The van der Waals surface area contributed by atoms with E-state index in [1.807, 2.05) is 0 Å². The number of ether oxygens (including phenoxy) is 3. The number of allylic oxidation sites excluding steroid dienone is 1. The third-order valence-corrected chi connectivity index (χ3v) is 3.84. The number of carbonyl (C=O) groups excluding carboxylic acids is 2. The fraction of sp³-hybridized carbons (Fsp3) is 0.294. The van der Waals surface area contributed by atoms with Crippen molar-refractivity contribution in [1.29, 1.82) is 0 Å². The van der Waals surface area contributed by atoms with Crippen LogP contribution in [0.1, 0.15) is 25.3 Å². The van der Waals surface area contributed by atoms with E-state index in [4.69, 9.17) is 31.5 Å². The van der Waals surface area contributed by atoms with Crippen LogP contribution in [-0.4, -0.2) is 25.7 Å². The summed E-state index contributed by atoms with van der Waals surface area (Å²) in [5.41, 5.74) is 6.78. The van der Waals surface area contributed by atoms with E-state index in [1.54, 1.807) is 38.1 Å². The second-order valence-electron chi connectivity index (χ2n) is 5.05. The maximum atomic E-state index is 12.4. The lowest BCUT2D eigenvalue weighted by atomic mass is 9.82. The predicted octanol–water partition coefficient (Wildman–Crippen LogP) is 2.63. The Labute approximate surface area is 144 Å². The average Bonchev–Trinajstić information content (AvgIpc) is 2.54. The summed E-state index contributed by atoms with van der Waals surface area (Å²) >= 11 is 5.93. The first-order valence-electron chi connectivity index (χ1n) is 7.29. The highest BCUT2D eigenvalue weighted by Crippen LogP contribution is 2.40. The number of hydrogen-bond acceptors (Lipinski definition) is 6. The van der Waals surface area contributed by atoms with E-state index in [-0.39, 0.29) is 29.4 Å². The molecule has 6 nitrogen and oxygen atoms in total. The van der Waals surface area contributed by atoms with Gasteiger partial charge in [0.25, 0.3) is 0 Å². The van der Waals surface area contributed by atoms with Gasteiger partial charge in [0.1, 0.15) is 11.3 Å². The molecule has 2 rings (SSSR count). The third kappa shape index (κ3) is 3.38. The fourth-order valence-electron chi connectivity index (χ4n) is 2.55. The van der Waals surface area contributed by atoms with Gasteiger partial charge in [-0.15, -0.1) is 0 Å². The van der Waals surface area contributed by atoms with Crippen LogP contribution in [0.2, 0.25) is 5.02 Å². The van der Waals surface area contributed by atoms with Crippen LogP contribution in [0, 0.1) is 0 Å². The molecule has 0 aromatic heterocycles. The number of rotatable bonds is 4.